The molecule has 0 spiro atoms. The Hall–Kier alpha value is -1.62. The zero-order valence-corrected chi connectivity index (χ0v) is 15.2. The maximum atomic E-state index is 12.8. The third-order valence-corrected chi connectivity index (χ3v) is 5.28. The van der Waals surface area contributed by atoms with E-state index in [2.05, 4.69) is 52.8 Å². The molecular weight excluding hydrogens is 300 g/mol. The van der Waals surface area contributed by atoms with Gasteiger partial charge in [-0.05, 0) is 57.8 Å². The van der Waals surface area contributed by atoms with Crippen molar-refractivity contribution in [2.24, 2.45) is 11.8 Å². The molecule has 0 bridgehead atoms. The molecule has 0 N–H and O–H groups in total. The summed E-state index contributed by atoms with van der Waals surface area (Å²) in [4.78, 5) is 24.0. The van der Waals surface area contributed by atoms with Crippen LogP contribution in [0.2, 0.25) is 0 Å². The van der Waals surface area contributed by atoms with Gasteiger partial charge in [0.05, 0.1) is 0 Å². The predicted octanol–water partition coefficient (Wildman–Crippen LogP) is 2.02. The van der Waals surface area contributed by atoms with Gasteiger partial charge in [0.25, 0.3) is 0 Å². The number of amides is 1. The fraction of sp³-hybridized carbons (Fsp3) is 0.684. The Morgan fingerprint density at radius 3 is 2.58 bits per heavy atom. The smallest absolute Gasteiger partial charge is 0.225 e. The Labute approximate surface area is 145 Å². The second-order valence-corrected chi connectivity index (χ2v) is 7.66. The topological polar surface area (TPSA) is 39.7 Å². The molecule has 1 aromatic heterocycles. The summed E-state index contributed by atoms with van der Waals surface area (Å²) in [5, 5.41) is 0. The number of nitrogens with zero attached hydrogens (tertiary/aromatic N) is 4. The molecule has 0 unspecified atom stereocenters. The Morgan fingerprint density at radius 2 is 1.96 bits per heavy atom. The molecule has 2 aliphatic rings. The van der Waals surface area contributed by atoms with Crippen LogP contribution in [0.3, 0.4) is 0 Å². The molecule has 1 atom stereocenters. The van der Waals surface area contributed by atoms with E-state index in [1.807, 2.05) is 6.20 Å². The Morgan fingerprint density at radius 1 is 1.21 bits per heavy atom. The van der Waals surface area contributed by atoms with Crippen molar-refractivity contribution in [1.29, 1.82) is 0 Å². The quantitative estimate of drug-likeness (QED) is 0.847. The Balaban J connectivity index is 1.49. The van der Waals surface area contributed by atoms with E-state index in [9.17, 15) is 4.79 Å². The van der Waals surface area contributed by atoms with Gasteiger partial charge in [0.1, 0.15) is 5.82 Å². The third kappa shape index (κ3) is 4.07. The van der Waals surface area contributed by atoms with E-state index in [-0.39, 0.29) is 5.92 Å². The number of anilines is 1. The third-order valence-electron chi connectivity index (χ3n) is 5.28. The predicted molar refractivity (Wildman–Crippen MR) is 97.2 cm³/mol. The number of rotatable bonds is 4. The van der Waals surface area contributed by atoms with Crippen molar-refractivity contribution in [2.45, 2.75) is 26.2 Å². The van der Waals surface area contributed by atoms with Gasteiger partial charge in [-0.15, -0.1) is 0 Å². The molecule has 5 nitrogen and oxygen atoms in total. The maximum absolute atomic E-state index is 12.8. The number of aromatic nitrogens is 1. The van der Waals surface area contributed by atoms with Gasteiger partial charge < -0.3 is 14.7 Å². The summed E-state index contributed by atoms with van der Waals surface area (Å²) in [6, 6.07) is 4.19. The van der Waals surface area contributed by atoms with Crippen LogP contribution in [0.5, 0.6) is 0 Å². The lowest BCUT2D eigenvalue weighted by Gasteiger charge is -2.34. The van der Waals surface area contributed by atoms with Crippen LogP contribution in [0.4, 0.5) is 5.82 Å². The van der Waals surface area contributed by atoms with E-state index < -0.39 is 0 Å². The summed E-state index contributed by atoms with van der Waals surface area (Å²) in [7, 11) is 4.22. The first-order valence-corrected chi connectivity index (χ1v) is 9.14. The summed E-state index contributed by atoms with van der Waals surface area (Å²) >= 11 is 0. The summed E-state index contributed by atoms with van der Waals surface area (Å²) < 4.78 is 0. The molecule has 0 radical (unpaired) electrons. The summed E-state index contributed by atoms with van der Waals surface area (Å²) in [5.74, 6) is 2.26. The molecular formula is C19H30N4O. The first-order valence-electron chi connectivity index (χ1n) is 9.14. The van der Waals surface area contributed by atoms with Crippen molar-refractivity contribution in [3.63, 3.8) is 0 Å². The van der Waals surface area contributed by atoms with E-state index in [1.54, 1.807) is 0 Å². The van der Waals surface area contributed by atoms with Crippen LogP contribution >= 0.6 is 0 Å². The van der Waals surface area contributed by atoms with Crippen LogP contribution in [-0.4, -0.2) is 67.5 Å². The minimum absolute atomic E-state index is 0.199. The van der Waals surface area contributed by atoms with E-state index in [0.29, 0.717) is 11.8 Å². The molecule has 0 saturated carbocycles. The number of carbonyl (C=O) groups excluding carboxylic acids is 1. The largest absolute Gasteiger partial charge is 0.357 e. The highest BCUT2D eigenvalue weighted by Crippen LogP contribution is 2.26. The molecule has 2 fully saturated rings. The van der Waals surface area contributed by atoms with Crippen molar-refractivity contribution >= 4 is 11.7 Å². The minimum Gasteiger partial charge on any atom is -0.357 e. The lowest BCUT2D eigenvalue weighted by molar-refractivity contribution is -0.135. The number of carbonyl (C=O) groups is 1. The number of likely N-dealkylation sites (tertiary alicyclic amines) is 1. The van der Waals surface area contributed by atoms with Gasteiger partial charge in [-0.25, -0.2) is 4.98 Å². The first kappa shape index (κ1) is 17.2. The summed E-state index contributed by atoms with van der Waals surface area (Å²) in [6.07, 6.45) is 4.96. The molecule has 0 aromatic carbocycles. The maximum Gasteiger partial charge on any atom is 0.225 e. The van der Waals surface area contributed by atoms with Crippen molar-refractivity contribution < 1.29 is 4.79 Å². The molecule has 2 aliphatic heterocycles. The van der Waals surface area contributed by atoms with Gasteiger partial charge in [-0.2, -0.15) is 0 Å². The van der Waals surface area contributed by atoms with Crippen molar-refractivity contribution in [2.75, 3.05) is 51.7 Å². The normalized spacial score (nSPS) is 22.4. The van der Waals surface area contributed by atoms with Gasteiger partial charge in [0.15, 0.2) is 0 Å². The molecule has 3 heterocycles. The highest BCUT2D eigenvalue weighted by molar-refractivity contribution is 5.79. The number of hydrogen-bond acceptors (Lipinski definition) is 4. The highest BCUT2D eigenvalue weighted by atomic mass is 16.2. The fourth-order valence-electron chi connectivity index (χ4n) is 3.96. The lowest BCUT2D eigenvalue weighted by atomic mass is 9.95. The molecule has 1 aromatic rings. The van der Waals surface area contributed by atoms with Gasteiger partial charge in [0, 0.05) is 44.8 Å². The van der Waals surface area contributed by atoms with E-state index in [1.165, 1.54) is 5.56 Å². The first-order chi connectivity index (χ1) is 11.5. The SMILES string of the molecule is Cc1ccc(N2CCC(C(=O)N3CC[C@H](CN(C)C)C3)CC2)nc1. The second kappa shape index (κ2) is 7.51. The zero-order valence-electron chi connectivity index (χ0n) is 15.2. The standard InChI is InChI=1S/C19H30N4O/c1-15-4-5-18(20-12-15)22-10-7-17(8-11-22)19(24)23-9-6-16(14-23)13-21(2)3/h4-5,12,16-17H,6-11,13-14H2,1-3H3/t16-/m1/s1. The van der Waals surface area contributed by atoms with Gasteiger partial charge in [-0.3, -0.25) is 4.79 Å². The van der Waals surface area contributed by atoms with E-state index >= 15 is 0 Å². The summed E-state index contributed by atoms with van der Waals surface area (Å²) in [6.45, 7) is 6.89. The zero-order chi connectivity index (χ0) is 17.1. The van der Waals surface area contributed by atoms with Gasteiger partial charge in [-0.1, -0.05) is 6.07 Å². The van der Waals surface area contributed by atoms with Crippen molar-refractivity contribution in [3.05, 3.63) is 23.9 Å². The van der Waals surface area contributed by atoms with Crippen LogP contribution in [0, 0.1) is 18.8 Å². The van der Waals surface area contributed by atoms with E-state index in [0.717, 1.165) is 57.8 Å². The van der Waals surface area contributed by atoms with Gasteiger partial charge >= 0.3 is 0 Å². The molecule has 2 saturated heterocycles. The molecule has 3 rings (SSSR count). The number of aryl methyl sites for hydroxylation is 1. The van der Waals surface area contributed by atoms with Crippen LogP contribution in [0.15, 0.2) is 18.3 Å². The minimum atomic E-state index is 0.199. The number of pyridine rings is 1. The van der Waals surface area contributed by atoms with Crippen LogP contribution in [0.1, 0.15) is 24.8 Å². The average molecular weight is 330 g/mol. The fourth-order valence-corrected chi connectivity index (χ4v) is 3.96. The average Bonchev–Trinajstić information content (AvgIpc) is 3.03. The molecule has 0 aliphatic carbocycles. The highest BCUT2D eigenvalue weighted by Gasteiger charge is 2.33. The van der Waals surface area contributed by atoms with Crippen molar-refractivity contribution in [1.82, 2.24) is 14.8 Å². The van der Waals surface area contributed by atoms with Crippen LogP contribution < -0.4 is 4.90 Å². The molecule has 132 valence electrons. The second-order valence-electron chi connectivity index (χ2n) is 7.66. The number of hydrogen-bond donors (Lipinski definition) is 0. The Bertz CT molecular complexity index is 549. The molecule has 24 heavy (non-hydrogen) atoms. The van der Waals surface area contributed by atoms with Crippen LogP contribution in [0.25, 0.3) is 0 Å². The van der Waals surface area contributed by atoms with Crippen LogP contribution in [-0.2, 0) is 4.79 Å². The van der Waals surface area contributed by atoms with Crippen molar-refractivity contribution in [3.8, 4) is 0 Å². The van der Waals surface area contributed by atoms with Gasteiger partial charge in [0.2, 0.25) is 5.91 Å². The molecule has 1 amide bonds. The summed E-state index contributed by atoms with van der Waals surface area (Å²) in [5.41, 5.74) is 1.19. The molecule has 5 heteroatoms. The monoisotopic (exact) mass is 330 g/mol. The number of piperidine rings is 1. The van der Waals surface area contributed by atoms with E-state index in [4.69, 9.17) is 0 Å². The lowest BCUT2D eigenvalue weighted by Crippen LogP contribution is -2.42. The Kier molecular flexibility index (Phi) is 5.39.